The molecule has 342 valence electrons. The van der Waals surface area contributed by atoms with E-state index in [9.17, 15) is 28.8 Å². The second-order valence-corrected chi connectivity index (χ2v) is 18.9. The van der Waals surface area contributed by atoms with Crippen molar-refractivity contribution in [3.05, 3.63) is 188 Å². The molecular weight excluding hydrogens is 855 g/mol. The fraction of sp³-hybridized carbons (Fsp3) is 0.228. The van der Waals surface area contributed by atoms with E-state index in [0.717, 1.165) is 49.4 Å². The number of anilines is 2. The first-order valence-electron chi connectivity index (χ1n) is 22.7. The summed E-state index contributed by atoms with van der Waals surface area (Å²) in [7, 11) is 1.46. The Labute approximate surface area is 395 Å². The lowest BCUT2D eigenvalue weighted by Gasteiger charge is -2.26. The number of amides is 6. The second-order valence-electron chi connectivity index (χ2n) is 18.9. The van der Waals surface area contributed by atoms with Crippen LogP contribution < -0.4 is 19.3 Å². The fourth-order valence-corrected chi connectivity index (χ4v) is 9.53. The van der Waals surface area contributed by atoms with Crippen LogP contribution in [-0.2, 0) is 21.4 Å². The highest BCUT2D eigenvalue weighted by molar-refractivity contribution is 6.35. The van der Waals surface area contributed by atoms with E-state index in [4.69, 9.17) is 9.47 Å². The van der Waals surface area contributed by atoms with E-state index in [2.05, 4.69) is 26.0 Å². The van der Waals surface area contributed by atoms with Crippen LogP contribution in [0.25, 0.3) is 0 Å². The standard InChI is InChI=1S/C57H51N3O8/c1-31(2)45-27-35(24-33(5)51(45)59-49(61)22-23-50(59)62)26-36-25-34(6)52(46(28-36)32(3)4)60-55(65)44-21-19-42(30-48(44)56(60)66)68-40-16-12-38(13-17-40)57(7,8)37-10-14-39(15-11-37)67-41-18-20-43-47(29-41)54(64)58(9)53(43)63/h10-25,27-32H,26H2,1-9H3. The molecule has 11 nitrogen and oxygen atoms in total. The number of aryl methyl sites for hydroxylation is 2. The maximum atomic E-state index is 14.3. The van der Waals surface area contributed by atoms with Crippen molar-refractivity contribution in [2.45, 2.75) is 79.1 Å². The Kier molecular flexibility index (Phi) is 11.4. The summed E-state index contributed by atoms with van der Waals surface area (Å²) >= 11 is 0. The van der Waals surface area contributed by atoms with Crippen LogP contribution in [0.5, 0.6) is 23.0 Å². The predicted octanol–water partition coefficient (Wildman–Crippen LogP) is 11.5. The molecule has 0 spiro atoms. The van der Waals surface area contributed by atoms with Gasteiger partial charge in [0.2, 0.25) is 0 Å². The zero-order chi connectivity index (χ0) is 48.5. The molecule has 0 bridgehead atoms. The monoisotopic (exact) mass is 905 g/mol. The number of carbonyl (C=O) groups excluding carboxylic acids is 6. The molecule has 3 heterocycles. The highest BCUT2D eigenvalue weighted by atomic mass is 16.5. The van der Waals surface area contributed by atoms with Gasteiger partial charge in [-0.1, -0.05) is 90.1 Å². The Bertz CT molecular complexity index is 3160. The molecule has 0 unspecified atom stereocenters. The van der Waals surface area contributed by atoms with Crippen molar-refractivity contribution in [3.63, 3.8) is 0 Å². The SMILES string of the molecule is Cc1cc(Cc2cc(C)c(N3C(=O)c4ccc(Oc5ccc(C(C)(C)c6ccc(Oc7ccc8c(c7)C(=O)N(C)C8=O)cc6)cc5)cc4C3=O)c(C(C)C)c2)cc(C(C)C)c1N1C(=O)C=CC1=O. The summed E-state index contributed by atoms with van der Waals surface area (Å²) in [6.45, 7) is 16.3. The molecule has 11 heteroatoms. The maximum absolute atomic E-state index is 14.3. The summed E-state index contributed by atoms with van der Waals surface area (Å²) in [5, 5.41) is 0. The van der Waals surface area contributed by atoms with Crippen molar-refractivity contribution in [1.29, 1.82) is 0 Å². The Morgan fingerprint density at radius 2 is 0.853 bits per heavy atom. The molecule has 68 heavy (non-hydrogen) atoms. The fourth-order valence-electron chi connectivity index (χ4n) is 9.53. The lowest BCUT2D eigenvalue weighted by Crippen LogP contribution is -2.31. The van der Waals surface area contributed by atoms with Gasteiger partial charge in [-0.2, -0.15) is 0 Å². The number of imide groups is 3. The molecule has 0 aromatic heterocycles. The molecule has 0 fully saturated rings. The Balaban J connectivity index is 0.897. The van der Waals surface area contributed by atoms with E-state index in [1.807, 2.05) is 102 Å². The van der Waals surface area contributed by atoms with Crippen LogP contribution in [0.3, 0.4) is 0 Å². The van der Waals surface area contributed by atoms with Crippen LogP contribution in [0.4, 0.5) is 11.4 Å². The van der Waals surface area contributed by atoms with Crippen molar-refractivity contribution in [2.24, 2.45) is 0 Å². The molecule has 0 atom stereocenters. The summed E-state index contributed by atoms with van der Waals surface area (Å²) in [6.07, 6.45) is 3.17. The third kappa shape index (κ3) is 7.87. The van der Waals surface area contributed by atoms with Crippen LogP contribution in [0.15, 0.2) is 121 Å². The second kappa shape index (κ2) is 17.1. The highest BCUT2D eigenvalue weighted by Gasteiger charge is 2.40. The van der Waals surface area contributed by atoms with Crippen LogP contribution >= 0.6 is 0 Å². The van der Waals surface area contributed by atoms with Crippen molar-refractivity contribution in [1.82, 2.24) is 4.90 Å². The normalized spacial score (nSPS) is 14.6. The molecule has 6 aromatic rings. The van der Waals surface area contributed by atoms with Gasteiger partial charge in [0.25, 0.3) is 35.4 Å². The van der Waals surface area contributed by atoms with Gasteiger partial charge in [-0.05, 0) is 137 Å². The minimum atomic E-state index is -0.415. The van der Waals surface area contributed by atoms with E-state index < -0.39 is 11.3 Å². The van der Waals surface area contributed by atoms with Crippen LogP contribution in [0.2, 0.25) is 0 Å². The first-order chi connectivity index (χ1) is 32.3. The molecule has 0 radical (unpaired) electrons. The topological polar surface area (TPSA) is 131 Å². The average molecular weight is 906 g/mol. The van der Waals surface area contributed by atoms with Gasteiger partial charge < -0.3 is 9.47 Å². The Morgan fingerprint density at radius 1 is 0.471 bits per heavy atom. The van der Waals surface area contributed by atoms with Crippen molar-refractivity contribution < 1.29 is 38.2 Å². The molecule has 0 aliphatic carbocycles. The van der Waals surface area contributed by atoms with Gasteiger partial charge in [0.15, 0.2) is 0 Å². The van der Waals surface area contributed by atoms with E-state index in [1.165, 1.54) is 29.0 Å². The van der Waals surface area contributed by atoms with Gasteiger partial charge in [-0.3, -0.25) is 33.7 Å². The summed E-state index contributed by atoms with van der Waals surface area (Å²) in [6, 6.07) is 33.5. The summed E-state index contributed by atoms with van der Waals surface area (Å²) in [4.78, 5) is 82.1. The van der Waals surface area contributed by atoms with Gasteiger partial charge in [-0.15, -0.1) is 0 Å². The average Bonchev–Trinajstić information content (AvgIpc) is 3.84. The van der Waals surface area contributed by atoms with Crippen molar-refractivity contribution >= 4 is 46.8 Å². The molecule has 0 saturated heterocycles. The lowest BCUT2D eigenvalue weighted by molar-refractivity contribution is -0.120. The van der Waals surface area contributed by atoms with Crippen molar-refractivity contribution in [3.8, 4) is 23.0 Å². The molecule has 0 N–H and O–H groups in total. The van der Waals surface area contributed by atoms with Crippen LogP contribution in [0.1, 0.15) is 139 Å². The molecule has 6 aromatic carbocycles. The largest absolute Gasteiger partial charge is 0.457 e. The van der Waals surface area contributed by atoms with E-state index in [1.54, 1.807) is 36.4 Å². The third-order valence-corrected chi connectivity index (χ3v) is 13.2. The van der Waals surface area contributed by atoms with Gasteiger partial charge >= 0.3 is 0 Å². The van der Waals surface area contributed by atoms with Crippen molar-refractivity contribution in [2.75, 3.05) is 16.8 Å². The zero-order valence-corrected chi connectivity index (χ0v) is 39.5. The molecular formula is C57H51N3O8. The van der Waals surface area contributed by atoms with Gasteiger partial charge in [0.05, 0.1) is 33.6 Å². The number of fused-ring (bicyclic) bond motifs is 2. The number of rotatable bonds is 12. The lowest BCUT2D eigenvalue weighted by atomic mass is 9.78. The van der Waals surface area contributed by atoms with E-state index in [-0.39, 0.29) is 46.9 Å². The zero-order valence-electron chi connectivity index (χ0n) is 39.5. The minimum Gasteiger partial charge on any atom is -0.457 e. The van der Waals surface area contributed by atoms with Gasteiger partial charge in [0, 0.05) is 24.6 Å². The quantitative estimate of drug-likeness (QED) is 0.111. The number of hydrogen-bond donors (Lipinski definition) is 0. The van der Waals surface area contributed by atoms with Crippen LogP contribution in [0, 0.1) is 13.8 Å². The van der Waals surface area contributed by atoms with Crippen LogP contribution in [-0.4, -0.2) is 47.4 Å². The number of benzene rings is 6. The molecule has 3 aliphatic rings. The smallest absolute Gasteiger partial charge is 0.266 e. The maximum Gasteiger partial charge on any atom is 0.266 e. The first kappa shape index (κ1) is 45.2. The highest BCUT2D eigenvalue weighted by Crippen LogP contribution is 2.41. The molecule has 3 aliphatic heterocycles. The Morgan fingerprint density at radius 3 is 1.31 bits per heavy atom. The van der Waals surface area contributed by atoms with Gasteiger partial charge in [-0.25, -0.2) is 9.80 Å². The summed E-state index contributed by atoms with van der Waals surface area (Å²) in [5.74, 6) is -0.0988. The van der Waals surface area contributed by atoms with Gasteiger partial charge in [0.1, 0.15) is 23.0 Å². The first-order valence-corrected chi connectivity index (χ1v) is 22.7. The molecule has 9 rings (SSSR count). The number of ether oxygens (including phenoxy) is 2. The predicted molar refractivity (Wildman–Crippen MR) is 261 cm³/mol. The van der Waals surface area contributed by atoms with E-state index >= 15 is 0 Å². The minimum absolute atomic E-state index is 0.0184. The van der Waals surface area contributed by atoms with E-state index in [0.29, 0.717) is 57.5 Å². The summed E-state index contributed by atoms with van der Waals surface area (Å²) in [5.41, 5.74) is 9.61. The third-order valence-electron chi connectivity index (χ3n) is 13.2. The number of nitrogens with zero attached hydrogens (tertiary/aromatic N) is 3. The Hall–Kier alpha value is -7.92. The number of hydrogen-bond acceptors (Lipinski definition) is 8. The number of carbonyl (C=O) groups is 6. The molecule has 0 saturated carbocycles. The molecule has 6 amide bonds. The summed E-state index contributed by atoms with van der Waals surface area (Å²) < 4.78 is 12.3.